The Labute approximate surface area is 81.3 Å². The lowest BCUT2D eigenvalue weighted by molar-refractivity contribution is 0.100. The van der Waals surface area contributed by atoms with Gasteiger partial charge in [0, 0.05) is 12.7 Å². The van der Waals surface area contributed by atoms with Crippen molar-refractivity contribution in [1.82, 2.24) is 9.78 Å². The molecule has 0 N–H and O–H groups in total. The molecule has 1 heterocycles. The Bertz CT molecular complexity index is 402. The molecule has 13 heavy (non-hydrogen) atoms. The summed E-state index contributed by atoms with van der Waals surface area (Å²) in [5, 5.41) is 6.14. The zero-order valence-electron chi connectivity index (χ0n) is 7.66. The fraction of sp³-hybridized carbons (Fsp3) is 0.375. The summed E-state index contributed by atoms with van der Waals surface area (Å²) in [6.07, 6.45) is 0. The van der Waals surface area contributed by atoms with Crippen molar-refractivity contribution >= 4 is 23.3 Å². The molecule has 1 aromatic heterocycles. The van der Waals surface area contributed by atoms with Gasteiger partial charge < -0.3 is 0 Å². The van der Waals surface area contributed by atoms with Crippen LogP contribution in [-0.4, -0.2) is 20.8 Å². The standard InChI is InChI=1S/C8H9N3OS/c1-5-7(8(12)9-4-13)6(2)11(3)10-5/h1-3H3. The van der Waals surface area contributed by atoms with Gasteiger partial charge in [-0.25, -0.2) is 0 Å². The van der Waals surface area contributed by atoms with Crippen molar-refractivity contribution in [2.75, 3.05) is 0 Å². The molecular formula is C8H9N3OS. The molecule has 0 atom stereocenters. The van der Waals surface area contributed by atoms with Crippen LogP contribution in [0.3, 0.4) is 0 Å². The van der Waals surface area contributed by atoms with Crippen molar-refractivity contribution in [2.45, 2.75) is 13.8 Å². The fourth-order valence-corrected chi connectivity index (χ4v) is 1.26. The summed E-state index contributed by atoms with van der Waals surface area (Å²) in [7, 11) is 1.78. The van der Waals surface area contributed by atoms with Crippen molar-refractivity contribution in [3.8, 4) is 0 Å². The quantitative estimate of drug-likeness (QED) is 0.501. The number of aliphatic imine (C=N–C) groups is 1. The van der Waals surface area contributed by atoms with Gasteiger partial charge in [0.2, 0.25) is 0 Å². The van der Waals surface area contributed by atoms with Crippen LogP contribution < -0.4 is 0 Å². The summed E-state index contributed by atoms with van der Waals surface area (Å²) in [5.41, 5.74) is 1.97. The molecule has 1 aromatic rings. The second-order valence-electron chi connectivity index (χ2n) is 2.68. The Hall–Kier alpha value is -1.32. The van der Waals surface area contributed by atoms with Crippen molar-refractivity contribution in [3.05, 3.63) is 17.0 Å². The van der Waals surface area contributed by atoms with Crippen LogP contribution in [0.4, 0.5) is 0 Å². The van der Waals surface area contributed by atoms with Crippen molar-refractivity contribution in [3.63, 3.8) is 0 Å². The van der Waals surface area contributed by atoms with Crippen molar-refractivity contribution in [2.24, 2.45) is 12.0 Å². The summed E-state index contributed by atoms with van der Waals surface area (Å²) in [4.78, 5) is 14.8. The van der Waals surface area contributed by atoms with Gasteiger partial charge in [0.1, 0.15) is 0 Å². The normalized spacial score (nSPS) is 9.46. The van der Waals surface area contributed by atoms with Crippen LogP contribution in [0, 0.1) is 13.8 Å². The molecular weight excluding hydrogens is 186 g/mol. The van der Waals surface area contributed by atoms with Crippen LogP contribution in [0.25, 0.3) is 0 Å². The summed E-state index contributed by atoms with van der Waals surface area (Å²) in [5.74, 6) is -0.377. The Morgan fingerprint density at radius 2 is 2.23 bits per heavy atom. The van der Waals surface area contributed by atoms with Crippen molar-refractivity contribution < 1.29 is 4.79 Å². The largest absolute Gasteiger partial charge is 0.289 e. The summed E-state index contributed by atoms with van der Waals surface area (Å²) in [6.45, 7) is 3.57. The summed E-state index contributed by atoms with van der Waals surface area (Å²) >= 11 is 4.36. The zero-order chi connectivity index (χ0) is 10.0. The molecule has 1 amide bonds. The maximum absolute atomic E-state index is 11.4. The number of carbonyl (C=O) groups is 1. The Morgan fingerprint density at radius 3 is 2.62 bits per heavy atom. The van der Waals surface area contributed by atoms with Gasteiger partial charge >= 0.3 is 0 Å². The predicted molar refractivity (Wildman–Crippen MR) is 52.0 cm³/mol. The van der Waals surface area contributed by atoms with Crippen LogP contribution in [0.5, 0.6) is 0 Å². The van der Waals surface area contributed by atoms with E-state index in [1.54, 1.807) is 18.7 Å². The lowest BCUT2D eigenvalue weighted by Gasteiger charge is -1.93. The molecule has 0 unspecified atom stereocenters. The minimum atomic E-state index is -0.377. The molecule has 0 fully saturated rings. The minimum absolute atomic E-state index is 0.377. The Balaban J connectivity index is 3.28. The topological polar surface area (TPSA) is 47.2 Å². The highest BCUT2D eigenvalue weighted by Crippen LogP contribution is 2.12. The Kier molecular flexibility index (Phi) is 2.70. The zero-order valence-corrected chi connectivity index (χ0v) is 8.47. The van der Waals surface area contributed by atoms with Gasteiger partial charge in [0.05, 0.1) is 16.4 Å². The highest BCUT2D eigenvalue weighted by atomic mass is 32.1. The molecule has 0 aliphatic rings. The molecule has 0 aromatic carbocycles. The number of thiocarbonyl (C=S) groups is 1. The van der Waals surface area contributed by atoms with Gasteiger partial charge in [-0.05, 0) is 26.1 Å². The van der Waals surface area contributed by atoms with Gasteiger partial charge in [-0.2, -0.15) is 10.1 Å². The molecule has 4 nitrogen and oxygen atoms in total. The van der Waals surface area contributed by atoms with E-state index in [0.29, 0.717) is 11.3 Å². The smallest absolute Gasteiger partial charge is 0.272 e. The number of amides is 1. The fourth-order valence-electron chi connectivity index (χ4n) is 1.18. The number of carbonyl (C=O) groups excluding carboxylic acids is 1. The molecule has 0 radical (unpaired) electrons. The maximum atomic E-state index is 11.4. The molecule has 1 rings (SSSR count). The van der Waals surface area contributed by atoms with Crippen molar-refractivity contribution in [1.29, 1.82) is 0 Å². The second kappa shape index (κ2) is 3.60. The van der Waals surface area contributed by atoms with E-state index in [1.165, 1.54) is 0 Å². The minimum Gasteiger partial charge on any atom is -0.272 e. The van der Waals surface area contributed by atoms with Crippen LogP contribution in [0.2, 0.25) is 0 Å². The first-order valence-corrected chi connectivity index (χ1v) is 4.11. The molecule has 0 spiro atoms. The van der Waals surface area contributed by atoms with Crippen LogP contribution >= 0.6 is 12.2 Å². The lowest BCUT2D eigenvalue weighted by Crippen LogP contribution is -1.99. The number of hydrogen-bond donors (Lipinski definition) is 0. The highest BCUT2D eigenvalue weighted by molar-refractivity contribution is 7.78. The van der Waals surface area contributed by atoms with Gasteiger partial charge in [-0.1, -0.05) is 0 Å². The van der Waals surface area contributed by atoms with E-state index in [0.717, 1.165) is 5.69 Å². The Morgan fingerprint density at radius 1 is 1.62 bits per heavy atom. The lowest BCUT2D eigenvalue weighted by atomic mass is 10.2. The molecule has 0 aliphatic heterocycles. The number of rotatable bonds is 1. The third-order valence-electron chi connectivity index (χ3n) is 1.87. The van der Waals surface area contributed by atoms with E-state index in [9.17, 15) is 4.79 Å². The molecule has 0 bridgehead atoms. The average molecular weight is 195 g/mol. The third-order valence-corrected chi connectivity index (χ3v) is 1.96. The van der Waals surface area contributed by atoms with E-state index in [4.69, 9.17) is 0 Å². The first kappa shape index (κ1) is 9.77. The van der Waals surface area contributed by atoms with Gasteiger partial charge in [-0.3, -0.25) is 9.48 Å². The first-order valence-electron chi connectivity index (χ1n) is 3.70. The summed E-state index contributed by atoms with van der Waals surface area (Å²) < 4.78 is 1.64. The third kappa shape index (κ3) is 1.71. The number of aryl methyl sites for hydroxylation is 2. The molecule has 0 aliphatic carbocycles. The van der Waals surface area contributed by atoms with E-state index < -0.39 is 0 Å². The highest BCUT2D eigenvalue weighted by Gasteiger charge is 2.15. The molecule has 68 valence electrons. The van der Waals surface area contributed by atoms with Gasteiger partial charge in [0.25, 0.3) is 5.91 Å². The second-order valence-corrected chi connectivity index (χ2v) is 2.86. The number of nitrogens with zero attached hydrogens (tertiary/aromatic N) is 3. The number of isothiocyanates is 1. The van der Waals surface area contributed by atoms with Crippen LogP contribution in [0.1, 0.15) is 21.7 Å². The molecule has 0 saturated carbocycles. The van der Waals surface area contributed by atoms with Gasteiger partial charge in [0.15, 0.2) is 0 Å². The van der Waals surface area contributed by atoms with Crippen LogP contribution in [-0.2, 0) is 7.05 Å². The molecule has 0 saturated heterocycles. The predicted octanol–water partition coefficient (Wildman–Crippen LogP) is 1.28. The number of hydrogen-bond acceptors (Lipinski definition) is 3. The van der Waals surface area contributed by atoms with E-state index in [-0.39, 0.29) is 5.91 Å². The number of aromatic nitrogens is 2. The van der Waals surface area contributed by atoms with E-state index >= 15 is 0 Å². The maximum Gasteiger partial charge on any atom is 0.289 e. The average Bonchev–Trinajstić information content (AvgIpc) is 2.27. The van der Waals surface area contributed by atoms with Gasteiger partial charge in [-0.15, -0.1) is 0 Å². The molecule has 5 heteroatoms. The van der Waals surface area contributed by atoms with E-state index in [2.05, 4.69) is 27.5 Å². The first-order chi connectivity index (χ1) is 6.07. The van der Waals surface area contributed by atoms with Crippen LogP contribution in [0.15, 0.2) is 4.99 Å². The summed E-state index contributed by atoms with van der Waals surface area (Å²) in [6, 6.07) is 0. The monoisotopic (exact) mass is 195 g/mol. The van der Waals surface area contributed by atoms with E-state index in [1.807, 2.05) is 6.92 Å². The SMILES string of the molecule is Cc1nn(C)c(C)c1C(=O)N=C=S.